The van der Waals surface area contributed by atoms with E-state index in [4.69, 9.17) is 13.9 Å². The van der Waals surface area contributed by atoms with Crippen molar-refractivity contribution in [2.45, 2.75) is 6.92 Å². The number of benzene rings is 1. The number of carbonyl (C=O) groups excluding carboxylic acids is 3. The summed E-state index contributed by atoms with van der Waals surface area (Å²) in [5.41, 5.74) is -0.225. The van der Waals surface area contributed by atoms with Gasteiger partial charge in [-0.2, -0.15) is 0 Å². The van der Waals surface area contributed by atoms with Crippen molar-refractivity contribution in [1.29, 1.82) is 0 Å². The molecule has 2 aromatic heterocycles. The van der Waals surface area contributed by atoms with Gasteiger partial charge in [0.1, 0.15) is 22.5 Å². The lowest BCUT2D eigenvalue weighted by atomic mass is 10.0. The van der Waals surface area contributed by atoms with Crippen molar-refractivity contribution >= 4 is 39.8 Å². The summed E-state index contributed by atoms with van der Waals surface area (Å²) in [5, 5.41) is 10.8. The van der Waals surface area contributed by atoms with Crippen LogP contribution in [-0.4, -0.2) is 48.8 Å². The van der Waals surface area contributed by atoms with Gasteiger partial charge in [-0.05, 0) is 25.1 Å². The predicted octanol–water partition coefficient (Wildman–Crippen LogP) is 2.44. The topological polar surface area (TPSA) is 125 Å². The highest BCUT2D eigenvalue weighted by Crippen LogP contribution is 2.36. The van der Waals surface area contributed by atoms with E-state index in [1.165, 1.54) is 25.3 Å². The molecule has 27 heavy (non-hydrogen) atoms. The molecule has 0 spiro atoms. The number of phenols is 1. The van der Waals surface area contributed by atoms with E-state index < -0.39 is 17.9 Å². The Hall–Kier alpha value is -3.62. The van der Waals surface area contributed by atoms with Crippen LogP contribution in [0.3, 0.4) is 0 Å². The quantitative estimate of drug-likeness (QED) is 0.542. The fourth-order valence-electron chi connectivity index (χ4n) is 2.67. The summed E-state index contributed by atoms with van der Waals surface area (Å²) in [4.78, 5) is 40.1. The first-order chi connectivity index (χ1) is 12.9. The molecule has 0 aliphatic rings. The number of esters is 3. The van der Waals surface area contributed by atoms with Gasteiger partial charge in [0.15, 0.2) is 0 Å². The summed E-state index contributed by atoms with van der Waals surface area (Å²) in [6.45, 7) is 1.80. The van der Waals surface area contributed by atoms with Gasteiger partial charge in [0.2, 0.25) is 5.76 Å². The van der Waals surface area contributed by atoms with Crippen LogP contribution in [0.5, 0.6) is 5.75 Å². The summed E-state index contributed by atoms with van der Waals surface area (Å²) in [5.74, 6) is -2.70. The number of carbonyl (C=O) groups is 3. The van der Waals surface area contributed by atoms with E-state index in [9.17, 15) is 19.5 Å². The molecule has 0 unspecified atom stereocenters. The Morgan fingerprint density at radius 1 is 1.07 bits per heavy atom. The Bertz CT molecular complexity index is 1080. The van der Waals surface area contributed by atoms with E-state index in [0.717, 1.165) is 7.11 Å². The van der Waals surface area contributed by atoms with Crippen molar-refractivity contribution < 1.29 is 38.1 Å². The van der Waals surface area contributed by atoms with Gasteiger partial charge >= 0.3 is 17.9 Å². The minimum atomic E-state index is -0.798. The zero-order valence-electron chi connectivity index (χ0n) is 14.7. The van der Waals surface area contributed by atoms with E-state index in [1.54, 1.807) is 6.92 Å². The fourth-order valence-corrected chi connectivity index (χ4v) is 2.67. The Morgan fingerprint density at radius 2 is 1.78 bits per heavy atom. The molecule has 3 rings (SSSR count). The van der Waals surface area contributed by atoms with Gasteiger partial charge in [-0.3, -0.25) is 0 Å². The number of hydrogen-bond donors (Lipinski definition) is 1. The van der Waals surface area contributed by atoms with Crippen molar-refractivity contribution in [1.82, 2.24) is 4.98 Å². The minimum absolute atomic E-state index is 0.0736. The van der Waals surface area contributed by atoms with Crippen LogP contribution in [0, 0.1) is 0 Å². The monoisotopic (exact) mass is 373 g/mol. The highest BCUT2D eigenvalue weighted by atomic mass is 16.5. The van der Waals surface area contributed by atoms with Crippen LogP contribution in [0.15, 0.2) is 22.6 Å². The van der Waals surface area contributed by atoms with Gasteiger partial charge in [0, 0.05) is 5.39 Å². The second kappa shape index (κ2) is 6.94. The average molecular weight is 373 g/mol. The molecule has 1 aromatic carbocycles. The van der Waals surface area contributed by atoms with Gasteiger partial charge < -0.3 is 23.7 Å². The van der Waals surface area contributed by atoms with Crippen LogP contribution in [0.1, 0.15) is 38.3 Å². The molecule has 9 nitrogen and oxygen atoms in total. The molecule has 140 valence electrons. The molecule has 0 saturated carbocycles. The second-order valence-electron chi connectivity index (χ2n) is 5.41. The van der Waals surface area contributed by atoms with Gasteiger partial charge in [-0.25, -0.2) is 19.4 Å². The molecular formula is C18H15NO8. The number of aromatic nitrogens is 1. The van der Waals surface area contributed by atoms with Gasteiger partial charge in [0.05, 0.1) is 31.8 Å². The first-order valence-electron chi connectivity index (χ1n) is 7.85. The van der Waals surface area contributed by atoms with E-state index in [0.29, 0.717) is 5.39 Å². The van der Waals surface area contributed by atoms with Gasteiger partial charge in [-0.1, -0.05) is 0 Å². The summed E-state index contributed by atoms with van der Waals surface area (Å²) in [7, 11) is 2.33. The largest absolute Gasteiger partial charge is 0.506 e. The van der Waals surface area contributed by atoms with Crippen LogP contribution >= 0.6 is 0 Å². The molecule has 1 N–H and O–H groups in total. The normalized spacial score (nSPS) is 10.8. The molecule has 3 aromatic rings. The molecular weight excluding hydrogens is 358 g/mol. The maximum absolute atomic E-state index is 12.3. The van der Waals surface area contributed by atoms with E-state index >= 15 is 0 Å². The first kappa shape index (κ1) is 18.2. The maximum Gasteiger partial charge on any atom is 0.374 e. The number of phenolic OH excluding ortho intramolecular Hbond substituents is 1. The Morgan fingerprint density at radius 3 is 2.41 bits per heavy atom. The molecule has 9 heteroatoms. The van der Waals surface area contributed by atoms with E-state index in [1.807, 2.05) is 0 Å². The third-order valence-corrected chi connectivity index (χ3v) is 3.82. The summed E-state index contributed by atoms with van der Waals surface area (Å²) in [6.07, 6.45) is 0. The van der Waals surface area contributed by atoms with E-state index in [-0.39, 0.29) is 45.9 Å². The fraction of sp³-hybridized carbons (Fsp3) is 0.222. The molecule has 0 amide bonds. The number of hydrogen-bond acceptors (Lipinski definition) is 9. The van der Waals surface area contributed by atoms with Crippen molar-refractivity contribution in [2.24, 2.45) is 0 Å². The smallest absolute Gasteiger partial charge is 0.374 e. The SMILES string of the molecule is CCOC(=O)c1cc2cc(O)c3nc(C(=O)OC)cc(C(=O)OC)c3c2o1. The Labute approximate surface area is 152 Å². The van der Waals surface area contributed by atoms with Crippen molar-refractivity contribution in [3.8, 4) is 5.75 Å². The molecule has 0 aliphatic carbocycles. The molecule has 0 atom stereocenters. The number of aromatic hydroxyl groups is 1. The number of pyridine rings is 1. The molecule has 0 bridgehead atoms. The number of nitrogens with zero attached hydrogens (tertiary/aromatic N) is 1. The molecule has 0 radical (unpaired) electrons. The maximum atomic E-state index is 12.3. The molecule has 0 aliphatic heterocycles. The van der Waals surface area contributed by atoms with Crippen LogP contribution < -0.4 is 0 Å². The molecule has 2 heterocycles. The lowest BCUT2D eigenvalue weighted by molar-refractivity contribution is 0.0491. The summed E-state index contributed by atoms with van der Waals surface area (Å²) in [6, 6.07) is 3.85. The third kappa shape index (κ3) is 3.03. The van der Waals surface area contributed by atoms with E-state index in [2.05, 4.69) is 9.72 Å². The number of methoxy groups -OCH3 is 2. The van der Waals surface area contributed by atoms with Crippen LogP contribution in [0.4, 0.5) is 0 Å². The molecule has 0 fully saturated rings. The summed E-state index contributed by atoms with van der Waals surface area (Å²) < 4.78 is 19.8. The number of fused-ring (bicyclic) bond motifs is 3. The Balaban J connectivity index is 2.40. The predicted molar refractivity (Wildman–Crippen MR) is 91.8 cm³/mol. The van der Waals surface area contributed by atoms with Crippen LogP contribution in [0.25, 0.3) is 21.9 Å². The van der Waals surface area contributed by atoms with Crippen LogP contribution in [0.2, 0.25) is 0 Å². The van der Waals surface area contributed by atoms with Crippen molar-refractivity contribution in [3.63, 3.8) is 0 Å². The number of furan rings is 1. The summed E-state index contributed by atoms with van der Waals surface area (Å²) >= 11 is 0. The third-order valence-electron chi connectivity index (χ3n) is 3.82. The first-order valence-corrected chi connectivity index (χ1v) is 7.85. The highest BCUT2D eigenvalue weighted by Gasteiger charge is 2.24. The van der Waals surface area contributed by atoms with Crippen molar-refractivity contribution in [3.05, 3.63) is 35.2 Å². The number of ether oxygens (including phenoxy) is 3. The van der Waals surface area contributed by atoms with Gasteiger partial charge in [0.25, 0.3) is 0 Å². The lowest BCUT2D eigenvalue weighted by Crippen LogP contribution is -2.10. The average Bonchev–Trinajstić information content (AvgIpc) is 3.10. The zero-order valence-corrected chi connectivity index (χ0v) is 14.7. The molecule has 0 saturated heterocycles. The highest BCUT2D eigenvalue weighted by molar-refractivity contribution is 6.17. The minimum Gasteiger partial charge on any atom is -0.506 e. The Kier molecular flexibility index (Phi) is 4.68. The standard InChI is InChI=1S/C18H15NO8/c1-4-26-18(23)12-6-8-5-11(20)14-13(15(8)27-12)9(16(21)24-2)7-10(19-14)17(22)25-3/h5-7,20H,4H2,1-3H3. The van der Waals surface area contributed by atoms with Gasteiger partial charge in [-0.15, -0.1) is 0 Å². The zero-order chi connectivity index (χ0) is 19.7. The van der Waals surface area contributed by atoms with Crippen molar-refractivity contribution in [2.75, 3.05) is 20.8 Å². The van der Waals surface area contributed by atoms with Crippen LogP contribution in [-0.2, 0) is 14.2 Å². The second-order valence-corrected chi connectivity index (χ2v) is 5.41. The lowest BCUT2D eigenvalue weighted by Gasteiger charge is -2.09. The number of rotatable bonds is 4.